The third kappa shape index (κ3) is 2.75. The molecule has 2 aromatic carbocycles. The van der Waals surface area contributed by atoms with Crippen molar-refractivity contribution in [2.24, 2.45) is 5.92 Å². The molecule has 0 aliphatic carbocycles. The van der Waals surface area contributed by atoms with Crippen LogP contribution >= 0.6 is 0 Å². The molecule has 1 aliphatic heterocycles. The molecule has 3 rings (SSSR count). The van der Waals surface area contributed by atoms with Crippen molar-refractivity contribution in [3.63, 3.8) is 0 Å². The van der Waals surface area contributed by atoms with Crippen LogP contribution in [0, 0.1) is 5.92 Å². The van der Waals surface area contributed by atoms with Gasteiger partial charge in [-0.05, 0) is 18.1 Å². The van der Waals surface area contributed by atoms with Gasteiger partial charge in [0.15, 0.2) is 0 Å². The molecule has 0 fully saturated rings. The predicted octanol–water partition coefficient (Wildman–Crippen LogP) is 4.39. The fourth-order valence-corrected chi connectivity index (χ4v) is 2.83. The van der Waals surface area contributed by atoms with Crippen LogP contribution in [0.15, 0.2) is 66.7 Å². The number of benzene rings is 2. The van der Waals surface area contributed by atoms with Crippen molar-refractivity contribution in [1.82, 2.24) is 0 Å². The van der Waals surface area contributed by atoms with Gasteiger partial charge in [-0.15, -0.1) is 0 Å². The van der Waals surface area contributed by atoms with Gasteiger partial charge < -0.3 is 4.74 Å². The van der Waals surface area contributed by atoms with Crippen molar-refractivity contribution in [3.05, 3.63) is 77.9 Å². The molecule has 0 bridgehead atoms. The maximum absolute atomic E-state index is 12.3. The first-order valence-electron chi connectivity index (χ1n) is 7.33. The fourth-order valence-electron chi connectivity index (χ4n) is 2.83. The van der Waals surface area contributed by atoms with Crippen molar-refractivity contribution in [1.29, 1.82) is 0 Å². The summed E-state index contributed by atoms with van der Waals surface area (Å²) in [7, 11) is 0. The summed E-state index contributed by atoms with van der Waals surface area (Å²) in [4.78, 5) is 12.3. The van der Waals surface area contributed by atoms with Gasteiger partial charge in [0.05, 0.1) is 5.92 Å². The summed E-state index contributed by atoms with van der Waals surface area (Å²) in [5.74, 6) is 0.499. The highest BCUT2D eigenvalue weighted by Crippen LogP contribution is 2.37. The van der Waals surface area contributed by atoms with Crippen LogP contribution in [0.2, 0.25) is 0 Å². The number of ether oxygens (including phenoxy) is 1. The molecule has 2 atom stereocenters. The van der Waals surface area contributed by atoms with Crippen LogP contribution in [0.3, 0.4) is 0 Å². The molecule has 1 aliphatic rings. The summed E-state index contributed by atoms with van der Waals surface area (Å²) in [6, 6.07) is 20.0. The van der Waals surface area contributed by atoms with Gasteiger partial charge in [0.1, 0.15) is 5.76 Å². The van der Waals surface area contributed by atoms with E-state index in [0.717, 1.165) is 17.5 Å². The first-order chi connectivity index (χ1) is 10.3. The normalized spacial score (nSPS) is 21.6. The molecular formula is C19H18O2. The topological polar surface area (TPSA) is 26.3 Å². The Kier molecular flexibility index (Phi) is 3.87. The van der Waals surface area contributed by atoms with E-state index in [1.54, 1.807) is 0 Å². The number of hydrogen-bond acceptors (Lipinski definition) is 2. The van der Waals surface area contributed by atoms with Crippen LogP contribution < -0.4 is 0 Å². The van der Waals surface area contributed by atoms with E-state index in [1.165, 1.54) is 0 Å². The van der Waals surface area contributed by atoms with Gasteiger partial charge in [0.2, 0.25) is 0 Å². The molecule has 0 spiro atoms. The highest BCUT2D eigenvalue weighted by Gasteiger charge is 2.33. The molecule has 106 valence electrons. The molecule has 1 heterocycles. The molecule has 0 saturated heterocycles. The highest BCUT2D eigenvalue weighted by molar-refractivity contribution is 5.84. The predicted molar refractivity (Wildman–Crippen MR) is 83.5 cm³/mol. The van der Waals surface area contributed by atoms with Crippen molar-refractivity contribution in [3.8, 4) is 0 Å². The summed E-state index contributed by atoms with van der Waals surface area (Å²) in [5.41, 5.74) is 2.11. The molecule has 2 aromatic rings. The number of hydrogen-bond donors (Lipinski definition) is 0. The maximum Gasteiger partial charge on any atom is 0.315 e. The van der Waals surface area contributed by atoms with Gasteiger partial charge in [0.25, 0.3) is 0 Å². The number of rotatable bonds is 3. The van der Waals surface area contributed by atoms with Crippen molar-refractivity contribution in [2.45, 2.75) is 19.3 Å². The lowest BCUT2D eigenvalue weighted by molar-refractivity contribution is -0.142. The van der Waals surface area contributed by atoms with Gasteiger partial charge >= 0.3 is 5.97 Å². The zero-order valence-electron chi connectivity index (χ0n) is 12.0. The van der Waals surface area contributed by atoms with Crippen LogP contribution in [0.4, 0.5) is 0 Å². The third-order valence-electron chi connectivity index (χ3n) is 3.96. The second-order valence-corrected chi connectivity index (χ2v) is 5.27. The van der Waals surface area contributed by atoms with Crippen LogP contribution in [0.5, 0.6) is 0 Å². The lowest BCUT2D eigenvalue weighted by Crippen LogP contribution is -2.27. The molecule has 0 aromatic heterocycles. The molecule has 0 amide bonds. The molecule has 0 radical (unpaired) electrons. The van der Waals surface area contributed by atoms with E-state index >= 15 is 0 Å². The molecule has 0 unspecified atom stereocenters. The molecule has 0 saturated carbocycles. The summed E-state index contributed by atoms with van der Waals surface area (Å²) < 4.78 is 5.55. The minimum Gasteiger partial charge on any atom is -0.426 e. The summed E-state index contributed by atoms with van der Waals surface area (Å²) >= 11 is 0. The fraction of sp³-hybridized carbons (Fsp3) is 0.211. The SMILES string of the molecule is CC[C@H]1C(=O)OC(c2ccccc2)=C[C@H]1c1ccccc1. The highest BCUT2D eigenvalue weighted by atomic mass is 16.5. The lowest BCUT2D eigenvalue weighted by Gasteiger charge is -2.28. The third-order valence-corrected chi connectivity index (χ3v) is 3.96. The maximum atomic E-state index is 12.3. The van der Waals surface area contributed by atoms with Crippen LogP contribution in [0.25, 0.3) is 5.76 Å². The van der Waals surface area contributed by atoms with E-state index < -0.39 is 0 Å². The Bertz CT molecular complexity index is 644. The van der Waals surface area contributed by atoms with E-state index in [9.17, 15) is 4.79 Å². The zero-order valence-corrected chi connectivity index (χ0v) is 12.0. The lowest BCUT2D eigenvalue weighted by atomic mass is 9.82. The number of esters is 1. The average molecular weight is 278 g/mol. The summed E-state index contributed by atoms with van der Waals surface area (Å²) in [6.07, 6.45) is 2.86. The van der Waals surface area contributed by atoms with Gasteiger partial charge in [-0.3, -0.25) is 4.79 Å². The van der Waals surface area contributed by atoms with E-state index in [2.05, 4.69) is 18.2 Å². The smallest absolute Gasteiger partial charge is 0.315 e. The van der Waals surface area contributed by atoms with Crippen molar-refractivity contribution >= 4 is 11.7 Å². The van der Waals surface area contributed by atoms with Gasteiger partial charge in [-0.1, -0.05) is 67.6 Å². The quantitative estimate of drug-likeness (QED) is 0.778. The Morgan fingerprint density at radius 2 is 1.57 bits per heavy atom. The summed E-state index contributed by atoms with van der Waals surface area (Å²) in [6.45, 7) is 2.03. The van der Waals surface area contributed by atoms with Crippen LogP contribution in [-0.2, 0) is 9.53 Å². The molecular weight excluding hydrogens is 260 g/mol. The summed E-state index contributed by atoms with van der Waals surface area (Å²) in [5, 5.41) is 0. The standard InChI is InChI=1S/C19H18O2/c1-2-16-17(14-9-5-3-6-10-14)13-18(21-19(16)20)15-11-7-4-8-12-15/h3-13,16-17H,2H2,1H3/t16-,17+/m1/s1. The minimum absolute atomic E-state index is 0.0765. The molecule has 2 nitrogen and oxygen atoms in total. The molecule has 2 heteroatoms. The number of cyclic esters (lactones) is 1. The van der Waals surface area contributed by atoms with Gasteiger partial charge in [-0.2, -0.15) is 0 Å². The monoisotopic (exact) mass is 278 g/mol. The Labute approximate surface area is 125 Å². The van der Waals surface area contributed by atoms with Crippen LogP contribution in [-0.4, -0.2) is 5.97 Å². The van der Waals surface area contributed by atoms with E-state index in [0.29, 0.717) is 5.76 Å². The number of allylic oxidation sites excluding steroid dienone is 1. The van der Waals surface area contributed by atoms with Crippen LogP contribution in [0.1, 0.15) is 30.4 Å². The van der Waals surface area contributed by atoms with Gasteiger partial charge in [-0.25, -0.2) is 0 Å². The minimum atomic E-state index is -0.132. The number of carbonyl (C=O) groups is 1. The molecule has 21 heavy (non-hydrogen) atoms. The largest absolute Gasteiger partial charge is 0.426 e. The second-order valence-electron chi connectivity index (χ2n) is 5.27. The second kappa shape index (κ2) is 5.96. The Morgan fingerprint density at radius 3 is 2.19 bits per heavy atom. The zero-order chi connectivity index (χ0) is 14.7. The first-order valence-corrected chi connectivity index (χ1v) is 7.33. The van der Waals surface area contributed by atoms with Crippen molar-refractivity contribution in [2.75, 3.05) is 0 Å². The van der Waals surface area contributed by atoms with Gasteiger partial charge in [0, 0.05) is 11.5 Å². The Morgan fingerprint density at radius 1 is 0.952 bits per heavy atom. The van der Waals surface area contributed by atoms with E-state index in [-0.39, 0.29) is 17.8 Å². The Balaban J connectivity index is 2.03. The average Bonchev–Trinajstić information content (AvgIpc) is 2.55. The number of carbonyl (C=O) groups excluding carboxylic acids is 1. The van der Waals surface area contributed by atoms with E-state index in [1.807, 2.05) is 55.5 Å². The van der Waals surface area contributed by atoms with Crippen molar-refractivity contribution < 1.29 is 9.53 Å². The first kappa shape index (κ1) is 13.6. The Hall–Kier alpha value is -2.35. The molecule has 0 N–H and O–H groups in total. The van der Waals surface area contributed by atoms with E-state index in [4.69, 9.17) is 4.74 Å².